The molecule has 1 fully saturated rings. The van der Waals surface area contributed by atoms with Crippen LogP contribution >= 0.6 is 7.60 Å². The number of hydrogen-bond donors (Lipinski definition) is 1. The summed E-state index contributed by atoms with van der Waals surface area (Å²) < 4.78 is 18.9. The van der Waals surface area contributed by atoms with E-state index in [0.717, 1.165) is 36.0 Å². The van der Waals surface area contributed by atoms with Gasteiger partial charge in [-0.15, -0.1) is 0 Å². The van der Waals surface area contributed by atoms with Crippen LogP contribution in [0.5, 0.6) is 5.75 Å². The molecule has 4 heteroatoms. The van der Waals surface area contributed by atoms with Gasteiger partial charge in [-0.2, -0.15) is 0 Å². The minimum absolute atomic E-state index is 0.322. The van der Waals surface area contributed by atoms with Gasteiger partial charge in [0.05, 0.1) is 5.30 Å². The molecular formula is C25H25O3P. The second-order valence-corrected chi connectivity index (χ2v) is 9.86. The third-order valence-corrected chi connectivity index (χ3v) is 7.69. The smallest absolute Gasteiger partial charge is 0.409 e. The van der Waals surface area contributed by atoms with Gasteiger partial charge in [0.25, 0.3) is 0 Å². The Labute approximate surface area is 171 Å². The lowest BCUT2D eigenvalue weighted by atomic mass is 9.81. The van der Waals surface area contributed by atoms with E-state index in [2.05, 4.69) is 36.4 Å². The van der Waals surface area contributed by atoms with Gasteiger partial charge in [0.2, 0.25) is 0 Å². The zero-order chi connectivity index (χ0) is 19.8. The van der Waals surface area contributed by atoms with Crippen LogP contribution in [0.1, 0.15) is 54.7 Å². The van der Waals surface area contributed by atoms with Crippen LogP contribution in [0.3, 0.4) is 0 Å². The molecule has 1 aliphatic carbocycles. The van der Waals surface area contributed by atoms with E-state index < -0.39 is 7.60 Å². The molecule has 0 bridgehead atoms. The predicted molar refractivity (Wildman–Crippen MR) is 117 cm³/mol. The maximum Gasteiger partial charge on any atom is 0.409 e. The van der Waals surface area contributed by atoms with Gasteiger partial charge in [0.1, 0.15) is 5.75 Å². The van der Waals surface area contributed by atoms with Crippen molar-refractivity contribution in [3.8, 4) is 16.9 Å². The second kappa shape index (κ2) is 7.48. The van der Waals surface area contributed by atoms with Crippen LogP contribution in [0.2, 0.25) is 0 Å². The zero-order valence-electron chi connectivity index (χ0n) is 16.4. The summed E-state index contributed by atoms with van der Waals surface area (Å²) in [6.07, 6.45) is 6.56. The molecule has 0 radical (unpaired) electrons. The fraction of sp³-hybridized carbons (Fsp3) is 0.280. The van der Waals surface area contributed by atoms with Crippen molar-refractivity contribution in [2.45, 2.75) is 44.4 Å². The number of benzene rings is 3. The fourth-order valence-corrected chi connectivity index (χ4v) is 6.43. The van der Waals surface area contributed by atoms with E-state index >= 15 is 0 Å². The van der Waals surface area contributed by atoms with Crippen LogP contribution in [0.15, 0.2) is 66.7 Å². The molecule has 0 saturated heterocycles. The summed E-state index contributed by atoms with van der Waals surface area (Å²) in [6.45, 7) is 0. The molecule has 148 valence electrons. The van der Waals surface area contributed by atoms with Crippen molar-refractivity contribution >= 4 is 12.9 Å². The highest BCUT2D eigenvalue weighted by Crippen LogP contribution is 2.54. The zero-order valence-corrected chi connectivity index (χ0v) is 17.3. The summed E-state index contributed by atoms with van der Waals surface area (Å²) in [6, 6.07) is 22.3. The third-order valence-electron chi connectivity index (χ3n) is 6.18. The highest BCUT2D eigenvalue weighted by atomic mass is 31.2. The van der Waals surface area contributed by atoms with Crippen LogP contribution < -0.4 is 9.83 Å². The molecule has 1 atom stereocenters. The highest BCUT2D eigenvalue weighted by molar-refractivity contribution is 7.62. The largest absolute Gasteiger partial charge is 0.421 e. The van der Waals surface area contributed by atoms with E-state index in [4.69, 9.17) is 4.52 Å². The first-order valence-corrected chi connectivity index (χ1v) is 12.0. The van der Waals surface area contributed by atoms with Crippen LogP contribution in [0.4, 0.5) is 0 Å². The summed E-state index contributed by atoms with van der Waals surface area (Å²) in [5, 5.41) is 0.528. The van der Waals surface area contributed by atoms with E-state index in [1.807, 2.05) is 24.3 Å². The van der Waals surface area contributed by atoms with Gasteiger partial charge in [-0.1, -0.05) is 73.9 Å². The Balaban J connectivity index is 1.71. The van der Waals surface area contributed by atoms with Crippen molar-refractivity contribution in [1.29, 1.82) is 0 Å². The van der Waals surface area contributed by atoms with Gasteiger partial charge in [-0.3, -0.25) is 0 Å². The molecule has 3 aromatic carbocycles. The first kappa shape index (κ1) is 18.7. The number of para-hydroxylation sites is 1. The molecule has 5 rings (SSSR count). The lowest BCUT2D eigenvalue weighted by Gasteiger charge is -2.31. The first-order chi connectivity index (χ1) is 14.1. The van der Waals surface area contributed by atoms with E-state index in [1.165, 1.54) is 30.4 Å². The highest BCUT2D eigenvalue weighted by Gasteiger charge is 2.39. The maximum atomic E-state index is 13.3. The molecule has 1 aliphatic heterocycles. The van der Waals surface area contributed by atoms with Crippen LogP contribution in [-0.4, -0.2) is 4.89 Å². The van der Waals surface area contributed by atoms with Gasteiger partial charge in [0.15, 0.2) is 0 Å². The molecule has 0 aromatic heterocycles. The van der Waals surface area contributed by atoms with Gasteiger partial charge in [-0.25, -0.2) is 4.57 Å². The molecule has 1 N–H and O–H groups in total. The number of rotatable bonds is 3. The Morgan fingerprint density at radius 1 is 0.862 bits per heavy atom. The van der Waals surface area contributed by atoms with Crippen molar-refractivity contribution < 1.29 is 14.0 Å². The van der Waals surface area contributed by atoms with Crippen LogP contribution in [0.25, 0.3) is 11.1 Å². The van der Waals surface area contributed by atoms with E-state index in [9.17, 15) is 9.46 Å². The minimum Gasteiger partial charge on any atom is -0.421 e. The fourth-order valence-electron chi connectivity index (χ4n) is 4.85. The van der Waals surface area contributed by atoms with Gasteiger partial charge in [-0.05, 0) is 54.0 Å². The van der Waals surface area contributed by atoms with Crippen molar-refractivity contribution in [2.24, 2.45) is 0 Å². The quantitative estimate of drug-likeness (QED) is 0.529. The van der Waals surface area contributed by atoms with E-state index in [0.29, 0.717) is 17.0 Å². The molecule has 1 unspecified atom stereocenters. The summed E-state index contributed by atoms with van der Waals surface area (Å²) in [5.74, 6) is 0.819. The lowest BCUT2D eigenvalue weighted by Crippen LogP contribution is -2.25. The summed E-state index contributed by atoms with van der Waals surface area (Å²) in [4.78, 5) is 10.9. The van der Waals surface area contributed by atoms with Crippen LogP contribution in [-0.2, 0) is 11.0 Å². The van der Waals surface area contributed by atoms with E-state index in [1.54, 1.807) is 6.07 Å². The van der Waals surface area contributed by atoms with Crippen LogP contribution in [0, 0.1) is 0 Å². The molecular weight excluding hydrogens is 379 g/mol. The molecule has 29 heavy (non-hydrogen) atoms. The topological polar surface area (TPSA) is 46.5 Å². The number of hydrogen-bond acceptors (Lipinski definition) is 2. The molecule has 2 aliphatic rings. The Morgan fingerprint density at radius 3 is 2.38 bits per heavy atom. The Bertz CT molecular complexity index is 1080. The molecule has 0 amide bonds. The Morgan fingerprint density at radius 2 is 1.59 bits per heavy atom. The maximum absolute atomic E-state index is 13.3. The van der Waals surface area contributed by atoms with E-state index in [-0.39, 0.29) is 0 Å². The monoisotopic (exact) mass is 404 g/mol. The van der Waals surface area contributed by atoms with Crippen molar-refractivity contribution in [1.82, 2.24) is 0 Å². The van der Waals surface area contributed by atoms with Crippen molar-refractivity contribution in [3.63, 3.8) is 0 Å². The molecule has 1 saturated carbocycles. The lowest BCUT2D eigenvalue weighted by molar-refractivity contribution is 0.390. The van der Waals surface area contributed by atoms with Gasteiger partial charge >= 0.3 is 7.60 Å². The summed E-state index contributed by atoms with van der Waals surface area (Å²) in [5.41, 5.74) is 5.23. The van der Waals surface area contributed by atoms with Crippen molar-refractivity contribution in [2.75, 3.05) is 0 Å². The SMILES string of the molecule is O=P1(O)Oc2ccccc2-c2cc(Cc3ccccc3)cc(C3CCCCC3)c21. The Hall–Kier alpha value is -2.35. The standard InChI is InChI=1S/C25H25O3P/c26-29(27)25-22(20-11-5-2-6-12-20)16-19(15-18-9-3-1-4-10-18)17-23(25)21-13-7-8-14-24(21)28-29/h1,3-4,7-10,13-14,16-17,20H,2,5-6,11-12,15H2,(H,26,27). The Kier molecular flexibility index (Phi) is 4.81. The first-order valence-electron chi connectivity index (χ1n) is 10.4. The average Bonchev–Trinajstić information content (AvgIpc) is 2.74. The number of fused-ring (bicyclic) bond motifs is 3. The molecule has 3 nitrogen and oxygen atoms in total. The minimum atomic E-state index is -3.92. The molecule has 1 heterocycles. The third kappa shape index (κ3) is 3.54. The van der Waals surface area contributed by atoms with Gasteiger partial charge < -0.3 is 9.42 Å². The predicted octanol–water partition coefficient (Wildman–Crippen LogP) is 6.20. The van der Waals surface area contributed by atoms with Crippen molar-refractivity contribution in [3.05, 3.63) is 83.4 Å². The summed E-state index contributed by atoms with van der Waals surface area (Å²) >= 11 is 0. The normalized spacial score (nSPS) is 21.1. The van der Waals surface area contributed by atoms with Gasteiger partial charge in [0, 0.05) is 11.1 Å². The summed E-state index contributed by atoms with van der Waals surface area (Å²) in [7, 11) is -3.92. The average molecular weight is 404 g/mol. The molecule has 0 spiro atoms. The second-order valence-electron chi connectivity index (χ2n) is 8.19. The molecule has 3 aromatic rings.